The summed E-state index contributed by atoms with van der Waals surface area (Å²) in [6.07, 6.45) is 0. The lowest BCUT2D eigenvalue weighted by Crippen LogP contribution is -2.13. The number of nitrogens with one attached hydrogen (secondary N) is 2. The molecule has 0 radical (unpaired) electrons. The van der Waals surface area contributed by atoms with Crippen molar-refractivity contribution in [1.29, 1.82) is 0 Å². The van der Waals surface area contributed by atoms with Crippen molar-refractivity contribution in [3.05, 3.63) is 80.9 Å². The number of aromatic nitrogens is 1. The second-order valence-corrected chi connectivity index (χ2v) is 9.58. The number of aromatic hydroxyl groups is 1. The van der Waals surface area contributed by atoms with Crippen LogP contribution in [0.15, 0.2) is 69.7 Å². The largest absolute Gasteiger partial charge is 0.493 e. The van der Waals surface area contributed by atoms with Crippen molar-refractivity contribution in [2.45, 2.75) is 18.7 Å². The Morgan fingerprint density at radius 2 is 1.82 bits per heavy atom. The third-order valence-corrected chi connectivity index (χ3v) is 6.75. The molecule has 0 aliphatic rings. The number of sulfonamides is 1. The van der Waals surface area contributed by atoms with Crippen molar-refractivity contribution in [2.75, 3.05) is 4.72 Å². The molecule has 0 fully saturated rings. The van der Waals surface area contributed by atoms with E-state index in [0.717, 1.165) is 23.3 Å². The summed E-state index contributed by atoms with van der Waals surface area (Å²) in [7, 11) is -4.34. The van der Waals surface area contributed by atoms with Gasteiger partial charge in [-0.25, -0.2) is 8.42 Å². The van der Waals surface area contributed by atoms with E-state index in [9.17, 15) is 23.6 Å². The molecule has 0 amide bonds. The molecule has 10 nitrogen and oxygen atoms in total. The Bertz CT molecular complexity index is 1580. The first-order chi connectivity index (χ1) is 16.1. The number of aryl methyl sites for hydroxylation is 2. The van der Waals surface area contributed by atoms with Crippen LogP contribution >= 0.6 is 11.6 Å². The van der Waals surface area contributed by atoms with Gasteiger partial charge in [-0.2, -0.15) is 0 Å². The molecule has 4 rings (SSSR count). The van der Waals surface area contributed by atoms with Crippen molar-refractivity contribution in [3.8, 4) is 5.88 Å². The molecule has 0 aliphatic carbocycles. The summed E-state index contributed by atoms with van der Waals surface area (Å²) in [6.45, 7) is 3.76. The number of benzene rings is 3. The number of hydrogen-bond acceptors (Lipinski definition) is 7. The minimum atomic E-state index is -4.34. The van der Waals surface area contributed by atoms with Crippen molar-refractivity contribution in [1.82, 2.24) is 4.98 Å². The van der Waals surface area contributed by atoms with E-state index in [4.69, 9.17) is 11.6 Å². The number of hydrogen-bond donors (Lipinski definition) is 3. The van der Waals surface area contributed by atoms with Crippen LogP contribution < -0.4 is 4.72 Å². The summed E-state index contributed by atoms with van der Waals surface area (Å²) >= 11 is 6.06. The molecule has 0 unspecified atom stereocenters. The Morgan fingerprint density at radius 1 is 1.09 bits per heavy atom. The number of nitro benzene ring substituents is 1. The van der Waals surface area contributed by atoms with Gasteiger partial charge in [0.05, 0.1) is 21.2 Å². The van der Waals surface area contributed by atoms with Gasteiger partial charge in [-0.05, 0) is 43.7 Å². The maximum atomic E-state index is 13.1. The lowest BCUT2D eigenvalue weighted by Gasteiger charge is -2.11. The number of rotatable bonds is 6. The van der Waals surface area contributed by atoms with E-state index in [1.54, 1.807) is 18.2 Å². The van der Waals surface area contributed by atoms with Gasteiger partial charge in [0.15, 0.2) is 5.69 Å². The van der Waals surface area contributed by atoms with Crippen LogP contribution in [0.1, 0.15) is 11.1 Å². The second-order valence-electron chi connectivity index (χ2n) is 7.52. The van der Waals surface area contributed by atoms with Crippen molar-refractivity contribution in [2.24, 2.45) is 10.2 Å². The average Bonchev–Trinajstić information content (AvgIpc) is 3.09. The molecule has 4 aromatic rings. The van der Waals surface area contributed by atoms with Gasteiger partial charge in [0.2, 0.25) is 5.88 Å². The first-order valence-electron chi connectivity index (χ1n) is 9.86. The molecule has 0 spiro atoms. The van der Waals surface area contributed by atoms with E-state index in [1.165, 1.54) is 18.2 Å². The molecule has 1 heterocycles. The maximum absolute atomic E-state index is 13.1. The predicted octanol–water partition coefficient (Wildman–Crippen LogP) is 6.27. The molecule has 34 heavy (non-hydrogen) atoms. The van der Waals surface area contributed by atoms with Gasteiger partial charge in [-0.3, -0.25) is 14.8 Å². The van der Waals surface area contributed by atoms with Crippen LogP contribution in [0.3, 0.4) is 0 Å². The van der Waals surface area contributed by atoms with E-state index < -0.39 is 25.5 Å². The predicted molar refractivity (Wildman–Crippen MR) is 129 cm³/mol. The summed E-state index contributed by atoms with van der Waals surface area (Å²) in [4.78, 5) is 12.9. The molecular weight excluding hydrogens is 482 g/mol. The van der Waals surface area contributed by atoms with Gasteiger partial charge in [-0.1, -0.05) is 35.4 Å². The number of H-pyrrole nitrogens is 1. The van der Waals surface area contributed by atoms with Crippen LogP contribution in [0.5, 0.6) is 5.88 Å². The topological polar surface area (TPSA) is 150 Å². The number of para-hydroxylation sites is 1. The third-order valence-electron chi connectivity index (χ3n) is 5.02. The van der Waals surface area contributed by atoms with Crippen molar-refractivity contribution < 1.29 is 18.4 Å². The standard InChI is InChI=1S/C22H18ClN5O5S/c1-12-9-13(2)20-15(10-12)21(22(29)24-20)26-25-18-8-7-14(28(30)31)11-19(18)34(32,33)27-17-6-4-3-5-16(17)23/h3-11,24,27,29H,1-2H3. The van der Waals surface area contributed by atoms with E-state index in [-0.39, 0.29) is 28.0 Å². The summed E-state index contributed by atoms with van der Waals surface area (Å²) in [5, 5.41) is 30.5. The van der Waals surface area contributed by atoms with E-state index >= 15 is 0 Å². The Kier molecular flexibility index (Phi) is 5.98. The molecule has 0 atom stereocenters. The lowest BCUT2D eigenvalue weighted by atomic mass is 10.1. The van der Waals surface area contributed by atoms with E-state index in [2.05, 4.69) is 19.9 Å². The average molecular weight is 500 g/mol. The van der Waals surface area contributed by atoms with Gasteiger partial charge < -0.3 is 10.1 Å². The molecule has 1 aromatic heterocycles. The second kappa shape index (κ2) is 8.76. The highest BCUT2D eigenvalue weighted by atomic mass is 35.5. The van der Waals surface area contributed by atoms with Crippen molar-refractivity contribution >= 4 is 55.3 Å². The van der Waals surface area contributed by atoms with Gasteiger partial charge in [0.1, 0.15) is 10.6 Å². The number of anilines is 1. The van der Waals surface area contributed by atoms with E-state index in [1.807, 2.05) is 19.9 Å². The molecule has 0 aliphatic heterocycles. The van der Waals surface area contributed by atoms with Crippen LogP contribution in [0.4, 0.5) is 22.7 Å². The Morgan fingerprint density at radius 3 is 2.53 bits per heavy atom. The molecule has 12 heteroatoms. The van der Waals surface area contributed by atoms with E-state index in [0.29, 0.717) is 10.9 Å². The third kappa shape index (κ3) is 4.43. The Labute approximate surface area is 199 Å². The number of non-ortho nitro benzene ring substituents is 1. The number of fused-ring (bicyclic) bond motifs is 1. The number of azo groups is 1. The molecule has 0 saturated heterocycles. The summed E-state index contributed by atoms with van der Waals surface area (Å²) in [5.74, 6) is -0.243. The fourth-order valence-electron chi connectivity index (χ4n) is 3.49. The number of nitro groups is 1. The molecular formula is C22H18ClN5O5S. The number of nitrogens with zero attached hydrogens (tertiary/aromatic N) is 3. The Balaban J connectivity index is 1.83. The fraction of sp³-hybridized carbons (Fsp3) is 0.0909. The quantitative estimate of drug-likeness (QED) is 0.162. The summed E-state index contributed by atoms with van der Waals surface area (Å²) < 4.78 is 28.6. The monoisotopic (exact) mass is 499 g/mol. The van der Waals surface area contributed by atoms with Crippen LogP contribution in [0.2, 0.25) is 5.02 Å². The van der Waals surface area contributed by atoms with Crippen molar-refractivity contribution in [3.63, 3.8) is 0 Å². The zero-order valence-electron chi connectivity index (χ0n) is 17.9. The molecule has 3 N–H and O–H groups in total. The normalized spacial score (nSPS) is 11.9. The number of halogens is 1. The van der Waals surface area contributed by atoms with Crippen LogP contribution in [0, 0.1) is 24.0 Å². The molecule has 0 saturated carbocycles. The van der Waals surface area contributed by atoms with Gasteiger partial charge in [0, 0.05) is 17.5 Å². The Hall–Kier alpha value is -3.96. The summed E-state index contributed by atoms with van der Waals surface area (Å²) in [6, 6.07) is 13.1. The molecule has 0 bridgehead atoms. The van der Waals surface area contributed by atoms with Crippen LogP contribution in [-0.4, -0.2) is 23.4 Å². The first-order valence-corrected chi connectivity index (χ1v) is 11.7. The highest BCUT2D eigenvalue weighted by molar-refractivity contribution is 7.92. The van der Waals surface area contributed by atoms with Crippen LogP contribution in [0.25, 0.3) is 10.9 Å². The summed E-state index contributed by atoms with van der Waals surface area (Å²) in [5.41, 5.74) is 2.08. The van der Waals surface area contributed by atoms with Crippen LogP contribution in [-0.2, 0) is 10.0 Å². The minimum absolute atomic E-state index is 0.0961. The molecule has 3 aromatic carbocycles. The number of aromatic amines is 1. The van der Waals surface area contributed by atoms with Gasteiger partial charge in [-0.15, -0.1) is 10.2 Å². The SMILES string of the molecule is Cc1cc(C)c2[nH]c(O)c(N=Nc3ccc([N+](=O)[O-])cc3S(=O)(=O)Nc3ccccc3Cl)c2c1. The zero-order chi connectivity index (χ0) is 24.6. The minimum Gasteiger partial charge on any atom is -0.493 e. The highest BCUT2D eigenvalue weighted by Gasteiger charge is 2.24. The van der Waals surface area contributed by atoms with Gasteiger partial charge >= 0.3 is 0 Å². The maximum Gasteiger partial charge on any atom is 0.270 e. The zero-order valence-corrected chi connectivity index (χ0v) is 19.5. The smallest absolute Gasteiger partial charge is 0.270 e. The fourth-order valence-corrected chi connectivity index (χ4v) is 4.97. The lowest BCUT2D eigenvalue weighted by molar-refractivity contribution is -0.385. The first kappa shape index (κ1) is 23.2. The molecule has 174 valence electrons. The van der Waals surface area contributed by atoms with Gasteiger partial charge in [0.25, 0.3) is 15.7 Å². The highest BCUT2D eigenvalue weighted by Crippen LogP contribution is 2.39.